The molecule has 0 aliphatic carbocycles. The fraction of sp³-hybridized carbons (Fsp3) is 0.908. The molecule has 77 heavy (non-hydrogen) atoms. The molecule has 6 unspecified atom stereocenters. The van der Waals surface area contributed by atoms with Crippen molar-refractivity contribution in [2.24, 2.45) is 0 Å². The van der Waals surface area contributed by atoms with Crippen molar-refractivity contribution in [3.05, 3.63) is 12.2 Å². The Morgan fingerprint density at radius 3 is 1.12 bits per heavy atom. The number of carboxylic acid groups (broad SMARTS) is 1. The van der Waals surface area contributed by atoms with Crippen LogP contribution in [0.5, 0.6) is 0 Å². The van der Waals surface area contributed by atoms with Gasteiger partial charge < -0.3 is 39.0 Å². The molecule has 3 N–H and O–H groups in total. The molecule has 0 aromatic carbocycles. The van der Waals surface area contributed by atoms with Crippen molar-refractivity contribution >= 4 is 23.9 Å². The highest BCUT2D eigenvalue weighted by Gasteiger charge is 2.50. The van der Waals surface area contributed by atoms with Crippen LogP contribution in [-0.2, 0) is 42.9 Å². The Kier molecular flexibility index (Phi) is 50.9. The fourth-order valence-electron chi connectivity index (χ4n) is 10.3. The third-order valence-electron chi connectivity index (χ3n) is 15.3. The number of allylic oxidation sites excluding steroid dienone is 2. The quantitative estimate of drug-likeness (QED) is 0.0228. The Bertz CT molecular complexity index is 1390. The van der Waals surface area contributed by atoms with E-state index in [-0.39, 0.29) is 25.9 Å². The van der Waals surface area contributed by atoms with Gasteiger partial charge in [0, 0.05) is 19.3 Å². The number of carbonyl (C=O) groups is 4. The zero-order valence-electron chi connectivity index (χ0n) is 50.0. The van der Waals surface area contributed by atoms with Gasteiger partial charge in [0.2, 0.25) is 0 Å². The first-order chi connectivity index (χ1) is 37.6. The molecule has 1 aliphatic heterocycles. The van der Waals surface area contributed by atoms with E-state index >= 15 is 0 Å². The van der Waals surface area contributed by atoms with E-state index in [1.807, 2.05) is 0 Å². The van der Waals surface area contributed by atoms with Gasteiger partial charge in [-0.1, -0.05) is 277 Å². The lowest BCUT2D eigenvalue weighted by Crippen LogP contribution is -2.61. The summed E-state index contributed by atoms with van der Waals surface area (Å²) in [6.07, 6.45) is 48.9. The molecule has 12 nitrogen and oxygen atoms in total. The maximum absolute atomic E-state index is 13.2. The van der Waals surface area contributed by atoms with Crippen LogP contribution < -0.4 is 0 Å². The SMILES string of the molecule is CCCCCC/C=C\CCCCCCCC(=O)OC(COC(=O)CCCCCCCCCCCCCCCCCCCCC)COC1OC(C(=O)O)C(O)C(O)C1OC(=O)CCCCCCCCCCCCCCCCC. The first-order valence-electron chi connectivity index (χ1n) is 32.7. The summed E-state index contributed by atoms with van der Waals surface area (Å²) in [5.74, 6) is -3.08. The number of carboxylic acids is 1. The molecule has 1 aliphatic rings. The molecular weight excluding hydrogens is 973 g/mol. The smallest absolute Gasteiger partial charge is 0.335 e. The topological polar surface area (TPSA) is 175 Å². The number of aliphatic hydroxyl groups is 2. The average Bonchev–Trinajstić information content (AvgIpc) is 3.42. The van der Waals surface area contributed by atoms with Crippen LogP contribution in [0.1, 0.15) is 329 Å². The van der Waals surface area contributed by atoms with E-state index in [2.05, 4.69) is 32.9 Å². The van der Waals surface area contributed by atoms with Gasteiger partial charge in [-0.25, -0.2) is 4.79 Å². The molecule has 0 saturated carbocycles. The van der Waals surface area contributed by atoms with Gasteiger partial charge in [0.15, 0.2) is 24.6 Å². The van der Waals surface area contributed by atoms with E-state index in [4.69, 9.17) is 23.7 Å². The van der Waals surface area contributed by atoms with E-state index in [0.717, 1.165) is 77.0 Å². The molecule has 1 heterocycles. The molecule has 0 bridgehead atoms. The van der Waals surface area contributed by atoms with Crippen LogP contribution in [0.3, 0.4) is 0 Å². The lowest BCUT2D eigenvalue weighted by atomic mass is 9.98. The average molecular weight is 1090 g/mol. The molecule has 1 rings (SSSR count). The number of unbranched alkanes of at least 4 members (excludes halogenated alkanes) is 41. The Balaban J connectivity index is 2.62. The molecule has 0 aromatic heterocycles. The molecular formula is C65H120O12. The second-order valence-corrected chi connectivity index (χ2v) is 22.8. The van der Waals surface area contributed by atoms with Crippen LogP contribution in [0, 0.1) is 0 Å². The van der Waals surface area contributed by atoms with Crippen molar-refractivity contribution < 1.29 is 58.2 Å². The fourth-order valence-corrected chi connectivity index (χ4v) is 10.3. The summed E-state index contributed by atoms with van der Waals surface area (Å²) in [7, 11) is 0. The highest BCUT2D eigenvalue weighted by molar-refractivity contribution is 5.74. The third kappa shape index (κ3) is 43.9. The number of hydrogen-bond donors (Lipinski definition) is 3. The van der Waals surface area contributed by atoms with Gasteiger partial charge in [0.25, 0.3) is 0 Å². The maximum atomic E-state index is 13.2. The Morgan fingerprint density at radius 2 is 0.740 bits per heavy atom. The molecule has 12 heteroatoms. The molecule has 1 saturated heterocycles. The summed E-state index contributed by atoms with van der Waals surface area (Å²) in [4.78, 5) is 51.2. The van der Waals surface area contributed by atoms with E-state index < -0.39 is 67.3 Å². The molecule has 0 radical (unpaired) electrons. The summed E-state index contributed by atoms with van der Waals surface area (Å²) in [5, 5.41) is 31.5. The van der Waals surface area contributed by atoms with Crippen molar-refractivity contribution in [1.29, 1.82) is 0 Å². The highest BCUT2D eigenvalue weighted by Crippen LogP contribution is 2.27. The third-order valence-corrected chi connectivity index (χ3v) is 15.3. The van der Waals surface area contributed by atoms with Gasteiger partial charge in [-0.3, -0.25) is 14.4 Å². The summed E-state index contributed by atoms with van der Waals surface area (Å²) < 4.78 is 28.5. The van der Waals surface area contributed by atoms with Crippen molar-refractivity contribution in [3.63, 3.8) is 0 Å². The van der Waals surface area contributed by atoms with Crippen molar-refractivity contribution in [2.75, 3.05) is 13.2 Å². The summed E-state index contributed by atoms with van der Waals surface area (Å²) in [6, 6.07) is 0. The second-order valence-electron chi connectivity index (χ2n) is 22.8. The standard InChI is InChI=1S/C65H120O12/c1-4-7-10-13-16-19-22-25-27-28-29-30-32-34-36-39-42-45-48-51-57(66)73-54-56(75-58(67)52-49-46-43-40-37-33-24-21-18-15-12-9-6-3)55-74-65-63(61(70)60(69)62(77-65)64(71)72)76-59(68)53-50-47-44-41-38-35-31-26-23-20-17-14-11-8-5-2/h21,24,56,60-63,65,69-70H,4-20,22-23,25-55H2,1-3H3,(H,71,72)/b24-21-. The monoisotopic (exact) mass is 1090 g/mol. The zero-order valence-corrected chi connectivity index (χ0v) is 50.0. The number of aliphatic carboxylic acids is 1. The summed E-state index contributed by atoms with van der Waals surface area (Å²) >= 11 is 0. The van der Waals surface area contributed by atoms with Gasteiger partial charge >= 0.3 is 23.9 Å². The van der Waals surface area contributed by atoms with Gasteiger partial charge in [0.1, 0.15) is 18.8 Å². The van der Waals surface area contributed by atoms with Crippen molar-refractivity contribution in [2.45, 2.75) is 366 Å². The summed E-state index contributed by atoms with van der Waals surface area (Å²) in [5.41, 5.74) is 0. The largest absolute Gasteiger partial charge is 0.479 e. The summed E-state index contributed by atoms with van der Waals surface area (Å²) in [6.45, 7) is 6.03. The molecule has 0 spiro atoms. The highest BCUT2D eigenvalue weighted by atomic mass is 16.7. The van der Waals surface area contributed by atoms with Crippen LogP contribution in [0.2, 0.25) is 0 Å². The minimum absolute atomic E-state index is 0.0680. The van der Waals surface area contributed by atoms with Crippen molar-refractivity contribution in [3.8, 4) is 0 Å². The normalized spacial score (nSPS) is 18.0. The van der Waals surface area contributed by atoms with Crippen LogP contribution in [0.25, 0.3) is 0 Å². The molecule has 0 aromatic rings. The lowest BCUT2D eigenvalue weighted by molar-refractivity contribution is -0.301. The maximum Gasteiger partial charge on any atom is 0.335 e. The Morgan fingerprint density at radius 1 is 0.416 bits per heavy atom. The number of carbonyl (C=O) groups excluding carboxylic acids is 3. The van der Waals surface area contributed by atoms with Crippen molar-refractivity contribution in [1.82, 2.24) is 0 Å². The Labute approximate surface area is 471 Å². The van der Waals surface area contributed by atoms with E-state index in [9.17, 15) is 34.5 Å². The number of aliphatic hydroxyl groups excluding tert-OH is 2. The minimum Gasteiger partial charge on any atom is -0.479 e. The van der Waals surface area contributed by atoms with Gasteiger partial charge in [-0.15, -0.1) is 0 Å². The van der Waals surface area contributed by atoms with Gasteiger partial charge in [0.05, 0.1) is 6.61 Å². The molecule has 452 valence electrons. The second kappa shape index (κ2) is 54.1. The predicted molar refractivity (Wildman–Crippen MR) is 313 cm³/mol. The van der Waals surface area contributed by atoms with E-state index in [1.165, 1.54) is 193 Å². The van der Waals surface area contributed by atoms with E-state index in [0.29, 0.717) is 19.3 Å². The predicted octanol–water partition coefficient (Wildman–Crippen LogP) is 17.2. The van der Waals surface area contributed by atoms with E-state index in [1.54, 1.807) is 0 Å². The zero-order chi connectivity index (χ0) is 56.1. The molecule has 0 amide bonds. The van der Waals surface area contributed by atoms with Crippen LogP contribution in [0.15, 0.2) is 12.2 Å². The first-order valence-corrected chi connectivity index (χ1v) is 32.7. The van der Waals surface area contributed by atoms with Gasteiger partial charge in [-0.05, 0) is 44.9 Å². The first kappa shape index (κ1) is 72.5. The van der Waals surface area contributed by atoms with Crippen LogP contribution >= 0.6 is 0 Å². The molecule has 6 atom stereocenters. The van der Waals surface area contributed by atoms with Gasteiger partial charge in [-0.2, -0.15) is 0 Å². The van der Waals surface area contributed by atoms with Crippen LogP contribution in [-0.4, -0.2) is 89.2 Å². The molecule has 1 fully saturated rings. The number of rotatable bonds is 57. The number of hydrogen-bond acceptors (Lipinski definition) is 11. The minimum atomic E-state index is -1.90. The Hall–Kier alpha value is -2.54. The number of esters is 3. The lowest BCUT2D eigenvalue weighted by Gasteiger charge is -2.40. The van der Waals surface area contributed by atoms with Crippen LogP contribution in [0.4, 0.5) is 0 Å². The number of ether oxygens (including phenoxy) is 5.